The summed E-state index contributed by atoms with van der Waals surface area (Å²) in [6.45, 7) is 4.00. The molecule has 1 aromatic rings. The molecule has 1 unspecified atom stereocenters. The molecule has 4 heteroatoms. The Morgan fingerprint density at radius 2 is 1.67 bits per heavy atom. The van der Waals surface area contributed by atoms with Crippen LogP contribution >= 0.6 is 11.6 Å². The van der Waals surface area contributed by atoms with Crippen LogP contribution in [0.5, 0.6) is 0 Å². The lowest BCUT2D eigenvalue weighted by molar-refractivity contribution is 0.564. The van der Waals surface area contributed by atoms with Gasteiger partial charge in [-0.15, -0.1) is 0 Å². The van der Waals surface area contributed by atoms with Crippen LogP contribution in [-0.2, 0) is 11.1 Å². The Morgan fingerprint density at radius 1 is 1.25 bits per heavy atom. The van der Waals surface area contributed by atoms with Gasteiger partial charge in [0, 0.05) is 5.02 Å². The summed E-state index contributed by atoms with van der Waals surface area (Å²) in [5.74, 6) is 0. The van der Waals surface area contributed by atoms with E-state index in [2.05, 4.69) is 0 Å². The van der Waals surface area contributed by atoms with Gasteiger partial charge in [-0.25, -0.2) is 4.21 Å². The summed E-state index contributed by atoms with van der Waals surface area (Å²) in [6.07, 6.45) is 0. The second-order valence-electron chi connectivity index (χ2n) is 1.70. The van der Waals surface area contributed by atoms with Crippen LogP contribution < -0.4 is 0 Å². The number of hydrogen-bond donors (Lipinski definition) is 1. The average Bonchev–Trinajstić information content (AvgIpc) is 2.09. The maximum atomic E-state index is 10.4. The molecule has 0 aromatic heterocycles. The van der Waals surface area contributed by atoms with Gasteiger partial charge in [-0.1, -0.05) is 25.4 Å². The van der Waals surface area contributed by atoms with Gasteiger partial charge in [0.1, 0.15) is 0 Å². The monoisotopic (exact) mass is 206 g/mol. The maximum absolute atomic E-state index is 10.4. The Balaban J connectivity index is 0.000000561. The topological polar surface area (TPSA) is 37.3 Å². The second kappa shape index (κ2) is 6.17. The SMILES string of the molecule is CC.O=S(O)c1ccc(Cl)cc1. The molecule has 1 atom stereocenters. The van der Waals surface area contributed by atoms with Crippen molar-refractivity contribution in [2.75, 3.05) is 0 Å². The third-order valence-electron chi connectivity index (χ3n) is 1.02. The summed E-state index contributed by atoms with van der Waals surface area (Å²) >= 11 is 3.64. The van der Waals surface area contributed by atoms with Crippen molar-refractivity contribution in [3.8, 4) is 0 Å². The van der Waals surface area contributed by atoms with Crippen LogP contribution in [0.1, 0.15) is 13.8 Å². The van der Waals surface area contributed by atoms with Gasteiger partial charge >= 0.3 is 0 Å². The zero-order chi connectivity index (χ0) is 9.56. The second-order valence-corrected chi connectivity index (χ2v) is 3.11. The van der Waals surface area contributed by atoms with Crippen molar-refractivity contribution >= 4 is 22.7 Å². The quantitative estimate of drug-likeness (QED) is 0.718. The van der Waals surface area contributed by atoms with E-state index in [1.807, 2.05) is 13.8 Å². The largest absolute Gasteiger partial charge is 0.302 e. The fraction of sp³-hybridized carbons (Fsp3) is 0.250. The molecule has 68 valence electrons. The van der Waals surface area contributed by atoms with Gasteiger partial charge in [0.15, 0.2) is 11.1 Å². The predicted octanol–water partition coefficient (Wildman–Crippen LogP) is 2.95. The van der Waals surface area contributed by atoms with Gasteiger partial charge in [-0.2, -0.15) is 0 Å². The van der Waals surface area contributed by atoms with Gasteiger partial charge in [-0.05, 0) is 24.3 Å². The molecule has 2 nitrogen and oxygen atoms in total. The van der Waals surface area contributed by atoms with Crippen LogP contribution in [0, 0.1) is 0 Å². The van der Waals surface area contributed by atoms with Crippen LogP contribution in [0.15, 0.2) is 29.2 Å². The molecule has 1 N–H and O–H groups in total. The number of benzene rings is 1. The molecule has 12 heavy (non-hydrogen) atoms. The first-order chi connectivity index (χ1) is 5.70. The zero-order valence-electron chi connectivity index (χ0n) is 6.95. The van der Waals surface area contributed by atoms with Crippen molar-refractivity contribution in [1.29, 1.82) is 0 Å². The van der Waals surface area contributed by atoms with Crippen molar-refractivity contribution in [2.45, 2.75) is 18.7 Å². The highest BCUT2D eigenvalue weighted by Crippen LogP contribution is 2.10. The fourth-order valence-electron chi connectivity index (χ4n) is 0.551. The molecular weight excluding hydrogens is 196 g/mol. The first-order valence-corrected chi connectivity index (χ1v) is 5.05. The highest BCUT2D eigenvalue weighted by atomic mass is 35.5. The van der Waals surface area contributed by atoms with E-state index in [0.717, 1.165) is 0 Å². The van der Waals surface area contributed by atoms with Crippen LogP contribution in [-0.4, -0.2) is 8.76 Å². The van der Waals surface area contributed by atoms with Crippen molar-refractivity contribution < 1.29 is 8.76 Å². The predicted molar refractivity (Wildman–Crippen MR) is 51.8 cm³/mol. The van der Waals surface area contributed by atoms with E-state index in [-0.39, 0.29) is 0 Å². The fourth-order valence-corrected chi connectivity index (χ4v) is 1.05. The highest BCUT2D eigenvalue weighted by Gasteiger charge is 1.96. The standard InChI is InChI=1S/C6H5ClO2S.C2H6/c7-5-1-3-6(4-2-5)10(8)9;1-2/h1-4H,(H,8,9);1-2H3. The first-order valence-electron chi connectivity index (χ1n) is 3.56. The molecule has 0 spiro atoms. The molecule has 0 saturated carbocycles. The molecule has 0 amide bonds. The normalized spacial score (nSPS) is 11.3. The van der Waals surface area contributed by atoms with Crippen LogP contribution in [0.4, 0.5) is 0 Å². The smallest absolute Gasteiger partial charge is 0.186 e. The lowest BCUT2D eigenvalue weighted by atomic mass is 10.4. The summed E-state index contributed by atoms with van der Waals surface area (Å²) in [5, 5.41) is 0.564. The maximum Gasteiger partial charge on any atom is 0.186 e. The Morgan fingerprint density at radius 3 is 2.00 bits per heavy atom. The van der Waals surface area contributed by atoms with E-state index < -0.39 is 11.1 Å². The molecule has 0 aliphatic heterocycles. The number of halogens is 1. The van der Waals surface area contributed by atoms with E-state index in [1.165, 1.54) is 12.1 Å². The van der Waals surface area contributed by atoms with E-state index in [1.54, 1.807) is 12.1 Å². The summed E-state index contributed by atoms with van der Waals surface area (Å²) < 4.78 is 18.9. The highest BCUT2D eigenvalue weighted by molar-refractivity contribution is 7.79. The molecule has 0 saturated heterocycles. The molecule has 0 fully saturated rings. The summed E-state index contributed by atoms with van der Waals surface area (Å²) in [5.41, 5.74) is 0. The van der Waals surface area contributed by atoms with Crippen molar-refractivity contribution in [2.24, 2.45) is 0 Å². The van der Waals surface area contributed by atoms with Crippen molar-refractivity contribution in [1.82, 2.24) is 0 Å². The Labute approximate surface area is 79.8 Å². The first kappa shape index (κ1) is 11.6. The minimum atomic E-state index is -1.90. The van der Waals surface area contributed by atoms with E-state index >= 15 is 0 Å². The Hall–Kier alpha value is -0.380. The molecule has 0 aliphatic rings. The third kappa shape index (κ3) is 3.85. The van der Waals surface area contributed by atoms with E-state index in [4.69, 9.17) is 16.2 Å². The van der Waals surface area contributed by atoms with E-state index in [9.17, 15) is 4.21 Å². The Kier molecular flexibility index (Phi) is 5.98. The van der Waals surface area contributed by atoms with Crippen LogP contribution in [0.3, 0.4) is 0 Å². The third-order valence-corrected chi connectivity index (χ3v) is 1.94. The Bertz CT molecular complexity index is 246. The molecule has 1 aromatic carbocycles. The van der Waals surface area contributed by atoms with Crippen LogP contribution in [0.2, 0.25) is 5.02 Å². The minimum Gasteiger partial charge on any atom is -0.302 e. The molecule has 0 radical (unpaired) electrons. The summed E-state index contributed by atoms with van der Waals surface area (Å²) in [4.78, 5) is 0.365. The summed E-state index contributed by atoms with van der Waals surface area (Å²) in [7, 11) is 0. The number of rotatable bonds is 1. The lowest BCUT2D eigenvalue weighted by Gasteiger charge is -1.92. The van der Waals surface area contributed by atoms with Crippen molar-refractivity contribution in [3.63, 3.8) is 0 Å². The van der Waals surface area contributed by atoms with Gasteiger partial charge < -0.3 is 4.55 Å². The molecular formula is C8H11ClO2S. The summed E-state index contributed by atoms with van der Waals surface area (Å²) in [6, 6.07) is 6.17. The zero-order valence-corrected chi connectivity index (χ0v) is 8.52. The molecule has 1 rings (SSSR count). The van der Waals surface area contributed by atoms with Gasteiger partial charge in [0.05, 0.1) is 4.90 Å². The average molecular weight is 207 g/mol. The minimum absolute atomic E-state index is 0.365. The molecule has 0 bridgehead atoms. The van der Waals surface area contributed by atoms with E-state index in [0.29, 0.717) is 9.92 Å². The number of hydrogen-bond acceptors (Lipinski definition) is 1. The van der Waals surface area contributed by atoms with Gasteiger partial charge in [0.25, 0.3) is 0 Å². The van der Waals surface area contributed by atoms with Gasteiger partial charge in [-0.3, -0.25) is 0 Å². The van der Waals surface area contributed by atoms with Gasteiger partial charge in [0.2, 0.25) is 0 Å². The molecule has 0 heterocycles. The lowest BCUT2D eigenvalue weighted by Crippen LogP contribution is -1.85. The van der Waals surface area contributed by atoms with Crippen molar-refractivity contribution in [3.05, 3.63) is 29.3 Å². The van der Waals surface area contributed by atoms with Crippen LogP contribution in [0.25, 0.3) is 0 Å². The molecule has 0 aliphatic carbocycles.